The van der Waals surface area contributed by atoms with E-state index in [9.17, 15) is 8.42 Å². The molecule has 2 atom stereocenters. The van der Waals surface area contributed by atoms with Gasteiger partial charge in [-0.2, -0.15) is 0 Å². The zero-order valence-electron chi connectivity index (χ0n) is 12.3. The Morgan fingerprint density at radius 1 is 1.29 bits per heavy atom. The van der Waals surface area contributed by atoms with Crippen molar-refractivity contribution in [1.82, 2.24) is 4.90 Å². The van der Waals surface area contributed by atoms with Crippen molar-refractivity contribution >= 4 is 25.8 Å². The lowest BCUT2D eigenvalue weighted by atomic mass is 9.97. The normalized spacial score (nSPS) is 24.1. The molecule has 0 amide bonds. The minimum atomic E-state index is -3.23. The van der Waals surface area contributed by atoms with Crippen molar-refractivity contribution in [3.8, 4) is 0 Å². The molecule has 1 aliphatic heterocycles. The number of hydrogen-bond acceptors (Lipinski definition) is 4. The average molecular weight is 375 g/mol. The van der Waals surface area contributed by atoms with Crippen molar-refractivity contribution in [2.75, 3.05) is 18.8 Å². The quantitative estimate of drug-likeness (QED) is 0.859. The Morgan fingerprint density at radius 2 is 1.95 bits per heavy atom. The van der Waals surface area contributed by atoms with Gasteiger partial charge in [0.05, 0.1) is 10.6 Å². The first-order valence-electron chi connectivity index (χ1n) is 7.38. The second kappa shape index (κ2) is 7.22. The molecule has 0 aliphatic carbocycles. The van der Waals surface area contributed by atoms with Gasteiger partial charge in [0.1, 0.15) is 0 Å². The molecule has 6 heteroatoms. The van der Waals surface area contributed by atoms with Gasteiger partial charge in [-0.15, -0.1) is 0 Å². The smallest absolute Gasteiger partial charge is 0.179 e. The summed E-state index contributed by atoms with van der Waals surface area (Å²) in [4.78, 5) is 2.65. The lowest BCUT2D eigenvalue weighted by Gasteiger charge is -2.40. The lowest BCUT2D eigenvalue weighted by molar-refractivity contribution is 0.105. The summed E-state index contributed by atoms with van der Waals surface area (Å²) in [7, 11) is -3.23. The van der Waals surface area contributed by atoms with Gasteiger partial charge >= 0.3 is 0 Å². The highest BCUT2D eigenvalue weighted by Crippen LogP contribution is 2.23. The second-order valence-corrected chi connectivity index (χ2v) is 8.70. The number of halogens is 1. The van der Waals surface area contributed by atoms with Crippen LogP contribution < -0.4 is 5.73 Å². The number of benzene rings is 1. The maximum absolute atomic E-state index is 12.4. The van der Waals surface area contributed by atoms with Crippen LogP contribution in [-0.4, -0.2) is 44.2 Å². The molecule has 21 heavy (non-hydrogen) atoms. The van der Waals surface area contributed by atoms with Gasteiger partial charge in [0.2, 0.25) is 0 Å². The summed E-state index contributed by atoms with van der Waals surface area (Å²) in [6.07, 6.45) is 3.37. The topological polar surface area (TPSA) is 63.4 Å². The van der Waals surface area contributed by atoms with Crippen LogP contribution in [-0.2, 0) is 9.84 Å². The first-order valence-corrected chi connectivity index (χ1v) is 9.82. The maximum Gasteiger partial charge on any atom is 0.179 e. The standard InChI is InChI=1S/C15H23BrN2O2S/c1-12-3-2-4-14(11-17)18(12)9-10-21(19,20)15-7-5-13(16)6-8-15/h5-8,12,14H,2-4,9-11,17H2,1H3. The van der Waals surface area contributed by atoms with E-state index in [1.54, 1.807) is 24.3 Å². The minimum Gasteiger partial charge on any atom is -0.329 e. The summed E-state index contributed by atoms with van der Waals surface area (Å²) >= 11 is 3.32. The highest BCUT2D eigenvalue weighted by Gasteiger charge is 2.28. The Bertz CT molecular complexity index is 560. The molecule has 1 aromatic rings. The van der Waals surface area contributed by atoms with Crippen LogP contribution in [0.5, 0.6) is 0 Å². The number of sulfone groups is 1. The van der Waals surface area contributed by atoms with Crippen molar-refractivity contribution < 1.29 is 8.42 Å². The summed E-state index contributed by atoms with van der Waals surface area (Å²) in [5.41, 5.74) is 5.83. The zero-order valence-corrected chi connectivity index (χ0v) is 14.7. The van der Waals surface area contributed by atoms with E-state index in [0.717, 1.165) is 17.3 Å². The molecule has 1 aliphatic rings. The van der Waals surface area contributed by atoms with Crippen LogP contribution in [0.2, 0.25) is 0 Å². The van der Waals surface area contributed by atoms with E-state index in [-0.39, 0.29) is 5.75 Å². The molecule has 4 nitrogen and oxygen atoms in total. The van der Waals surface area contributed by atoms with Crippen molar-refractivity contribution in [3.05, 3.63) is 28.7 Å². The first-order chi connectivity index (χ1) is 9.94. The SMILES string of the molecule is CC1CCCC(CN)N1CCS(=O)(=O)c1ccc(Br)cc1. The summed E-state index contributed by atoms with van der Waals surface area (Å²) in [6.45, 7) is 3.32. The molecule has 1 fully saturated rings. The van der Waals surface area contributed by atoms with Crippen LogP contribution in [0.15, 0.2) is 33.6 Å². The molecule has 1 aromatic carbocycles. The number of piperidine rings is 1. The van der Waals surface area contributed by atoms with Gasteiger partial charge in [0.25, 0.3) is 0 Å². The highest BCUT2D eigenvalue weighted by atomic mass is 79.9. The third kappa shape index (κ3) is 4.28. The Labute approximate surface area is 135 Å². The molecule has 2 N–H and O–H groups in total. The fraction of sp³-hybridized carbons (Fsp3) is 0.600. The third-order valence-corrected chi connectivity index (χ3v) is 6.50. The predicted molar refractivity (Wildman–Crippen MR) is 89.1 cm³/mol. The van der Waals surface area contributed by atoms with Gasteiger partial charge in [0, 0.05) is 29.6 Å². The molecular formula is C15H23BrN2O2S. The predicted octanol–water partition coefficient (Wildman–Crippen LogP) is 2.42. The largest absolute Gasteiger partial charge is 0.329 e. The van der Waals surface area contributed by atoms with E-state index in [1.807, 2.05) is 0 Å². The third-order valence-electron chi connectivity index (χ3n) is 4.26. The molecule has 118 valence electrons. The van der Waals surface area contributed by atoms with Gasteiger partial charge in [0.15, 0.2) is 9.84 Å². The monoisotopic (exact) mass is 374 g/mol. The summed E-state index contributed by atoms with van der Waals surface area (Å²) in [6, 6.07) is 7.55. The van der Waals surface area contributed by atoms with Gasteiger partial charge < -0.3 is 5.73 Å². The van der Waals surface area contributed by atoms with Gasteiger partial charge in [-0.05, 0) is 44.0 Å². The molecule has 0 radical (unpaired) electrons. The average Bonchev–Trinajstić information content (AvgIpc) is 2.46. The molecule has 1 saturated heterocycles. The van der Waals surface area contributed by atoms with E-state index in [0.29, 0.717) is 30.1 Å². The summed E-state index contributed by atoms with van der Waals surface area (Å²) in [5, 5.41) is 0. The van der Waals surface area contributed by atoms with E-state index >= 15 is 0 Å². The zero-order chi connectivity index (χ0) is 15.5. The van der Waals surface area contributed by atoms with Crippen LogP contribution in [0.3, 0.4) is 0 Å². The molecule has 0 saturated carbocycles. The molecule has 0 bridgehead atoms. The Hall–Kier alpha value is -0.430. The second-order valence-electron chi connectivity index (χ2n) is 5.68. The summed E-state index contributed by atoms with van der Waals surface area (Å²) in [5.74, 6) is 0.148. The number of hydrogen-bond donors (Lipinski definition) is 1. The fourth-order valence-electron chi connectivity index (χ4n) is 2.98. The van der Waals surface area contributed by atoms with Crippen LogP contribution in [0.25, 0.3) is 0 Å². The Balaban J connectivity index is 2.05. The van der Waals surface area contributed by atoms with Crippen LogP contribution in [0.1, 0.15) is 26.2 Å². The molecule has 1 heterocycles. The Morgan fingerprint density at radius 3 is 2.57 bits per heavy atom. The maximum atomic E-state index is 12.4. The van der Waals surface area contributed by atoms with Crippen LogP contribution >= 0.6 is 15.9 Å². The molecule has 2 unspecified atom stereocenters. The number of rotatable bonds is 5. The first kappa shape index (κ1) is 16.9. The van der Waals surface area contributed by atoms with E-state index in [4.69, 9.17) is 5.73 Å². The van der Waals surface area contributed by atoms with E-state index < -0.39 is 9.84 Å². The minimum absolute atomic E-state index is 0.148. The van der Waals surface area contributed by atoms with Crippen LogP contribution in [0, 0.1) is 0 Å². The molecule has 0 aromatic heterocycles. The lowest BCUT2D eigenvalue weighted by Crippen LogP contribution is -2.50. The highest BCUT2D eigenvalue weighted by molar-refractivity contribution is 9.10. The van der Waals surface area contributed by atoms with Crippen molar-refractivity contribution in [1.29, 1.82) is 0 Å². The van der Waals surface area contributed by atoms with Crippen LogP contribution in [0.4, 0.5) is 0 Å². The molecule has 2 rings (SSSR count). The van der Waals surface area contributed by atoms with Gasteiger partial charge in [-0.1, -0.05) is 22.4 Å². The Kier molecular flexibility index (Phi) is 5.82. The fourth-order valence-corrected chi connectivity index (χ4v) is 4.48. The van der Waals surface area contributed by atoms with E-state index in [2.05, 4.69) is 27.8 Å². The number of nitrogens with two attached hydrogens (primary N) is 1. The van der Waals surface area contributed by atoms with Gasteiger partial charge in [-0.3, -0.25) is 4.90 Å². The number of likely N-dealkylation sites (tertiary alicyclic amines) is 1. The number of nitrogens with zero attached hydrogens (tertiary/aromatic N) is 1. The van der Waals surface area contributed by atoms with Gasteiger partial charge in [-0.25, -0.2) is 8.42 Å². The molecular weight excluding hydrogens is 352 g/mol. The van der Waals surface area contributed by atoms with Crippen molar-refractivity contribution in [2.24, 2.45) is 5.73 Å². The summed E-state index contributed by atoms with van der Waals surface area (Å²) < 4.78 is 25.7. The molecule has 0 spiro atoms. The van der Waals surface area contributed by atoms with Crippen molar-refractivity contribution in [3.63, 3.8) is 0 Å². The van der Waals surface area contributed by atoms with E-state index in [1.165, 1.54) is 6.42 Å². The van der Waals surface area contributed by atoms with Crippen molar-refractivity contribution in [2.45, 2.75) is 43.2 Å².